The average molecular weight is 569 g/mol. The van der Waals surface area contributed by atoms with Gasteiger partial charge in [-0.25, -0.2) is 4.98 Å². The van der Waals surface area contributed by atoms with E-state index in [4.69, 9.17) is 34.8 Å². The number of likely N-dealkylation sites (tertiary alicyclic amines) is 1. The van der Waals surface area contributed by atoms with Gasteiger partial charge in [0.2, 0.25) is 5.95 Å². The Morgan fingerprint density at radius 1 is 1.22 bits per heavy atom. The zero-order valence-corrected chi connectivity index (χ0v) is 22.9. The number of hydrogen-bond donors (Lipinski definition) is 3. The molecule has 3 heterocycles. The highest BCUT2D eigenvalue weighted by molar-refractivity contribution is 6.35. The van der Waals surface area contributed by atoms with E-state index in [0.717, 1.165) is 37.8 Å². The van der Waals surface area contributed by atoms with E-state index >= 15 is 0 Å². The normalized spacial score (nSPS) is 27.3. The lowest BCUT2D eigenvalue weighted by Gasteiger charge is -2.53. The van der Waals surface area contributed by atoms with Crippen molar-refractivity contribution in [2.24, 2.45) is 17.8 Å². The van der Waals surface area contributed by atoms with Crippen molar-refractivity contribution in [2.45, 2.75) is 50.7 Å². The summed E-state index contributed by atoms with van der Waals surface area (Å²) in [4.78, 5) is 25.7. The zero-order chi connectivity index (χ0) is 26.3. The molecule has 3 atom stereocenters. The van der Waals surface area contributed by atoms with Crippen molar-refractivity contribution in [3.63, 3.8) is 0 Å². The number of nitrogens with zero attached hydrogens (tertiary/aromatic N) is 4. The first-order chi connectivity index (χ1) is 17.7. The van der Waals surface area contributed by atoms with Crippen molar-refractivity contribution < 1.29 is 15.0 Å². The maximum absolute atomic E-state index is 12.3. The van der Waals surface area contributed by atoms with Crippen molar-refractivity contribution in [3.05, 3.63) is 45.0 Å². The third kappa shape index (κ3) is 5.50. The van der Waals surface area contributed by atoms with Crippen LogP contribution in [-0.4, -0.2) is 69.4 Å². The molecule has 3 N–H and O–H groups in total. The van der Waals surface area contributed by atoms with Crippen LogP contribution in [0.5, 0.6) is 0 Å². The van der Waals surface area contributed by atoms with Gasteiger partial charge >= 0.3 is 5.97 Å². The molecule has 0 radical (unpaired) electrons. The zero-order valence-electron chi connectivity index (χ0n) is 20.7. The second-order valence-electron chi connectivity index (χ2n) is 10.6. The molecule has 0 bridgehead atoms. The molecule has 0 spiro atoms. The number of anilines is 2. The molecule has 1 saturated carbocycles. The lowest BCUT2D eigenvalue weighted by Crippen LogP contribution is -2.63. The second kappa shape index (κ2) is 11.1. The molecule has 8 nitrogen and oxygen atoms in total. The highest BCUT2D eigenvalue weighted by Crippen LogP contribution is 2.42. The fraction of sp³-hybridized carbons (Fsp3) is 0.577. The predicted molar refractivity (Wildman–Crippen MR) is 146 cm³/mol. The van der Waals surface area contributed by atoms with E-state index in [1.807, 2.05) is 13.0 Å². The van der Waals surface area contributed by atoms with Gasteiger partial charge < -0.3 is 20.4 Å². The van der Waals surface area contributed by atoms with Gasteiger partial charge in [0.25, 0.3) is 0 Å². The van der Waals surface area contributed by atoms with Gasteiger partial charge in [-0.1, -0.05) is 40.9 Å². The van der Waals surface area contributed by atoms with E-state index in [-0.39, 0.29) is 30.5 Å². The standard InChI is InChI=1S/C26H32Cl3N5O3/c1-14(19-5-4-17(27)9-21(19)28)31-24-22(29)10-30-26(32-24)33-11-16(12-33)20-3-2-6-34(23(20)25(36)37)18-7-15(8-18)13-35/h4-5,9-10,14-16,18,20,23,35H,2-3,6-8,11-13H2,1H3,(H,36,37)(H,30,31,32). The number of carboxylic acids is 1. The second-order valence-corrected chi connectivity index (χ2v) is 11.8. The summed E-state index contributed by atoms with van der Waals surface area (Å²) in [5.74, 6) is 1.01. The largest absolute Gasteiger partial charge is 0.480 e. The fourth-order valence-corrected chi connectivity index (χ4v) is 6.81. The number of hydrogen-bond acceptors (Lipinski definition) is 7. The lowest BCUT2D eigenvalue weighted by molar-refractivity contribution is -0.153. The molecular weight excluding hydrogens is 537 g/mol. The number of aliphatic hydroxyl groups is 1. The first kappa shape index (κ1) is 26.8. The molecular formula is C26H32Cl3N5O3. The predicted octanol–water partition coefficient (Wildman–Crippen LogP) is 4.98. The molecule has 3 fully saturated rings. The number of carboxylic acid groups (broad SMARTS) is 1. The van der Waals surface area contributed by atoms with Gasteiger partial charge in [0.15, 0.2) is 5.82 Å². The number of aliphatic hydroxyl groups excluding tert-OH is 1. The SMILES string of the molecule is CC(Nc1nc(N2CC(C3CCCN(C4CC(CO)C4)C3C(=O)O)C2)ncc1Cl)c1ccc(Cl)cc1Cl. The third-order valence-corrected chi connectivity index (χ3v) is 9.06. The van der Waals surface area contributed by atoms with E-state index in [9.17, 15) is 15.0 Å². The van der Waals surface area contributed by atoms with E-state index < -0.39 is 12.0 Å². The maximum atomic E-state index is 12.3. The minimum absolute atomic E-state index is 0.0904. The highest BCUT2D eigenvalue weighted by atomic mass is 35.5. The van der Waals surface area contributed by atoms with Crippen molar-refractivity contribution in [3.8, 4) is 0 Å². The smallest absolute Gasteiger partial charge is 0.321 e. The van der Waals surface area contributed by atoms with Crippen LogP contribution in [0.25, 0.3) is 0 Å². The summed E-state index contributed by atoms with van der Waals surface area (Å²) < 4.78 is 0. The van der Waals surface area contributed by atoms with Gasteiger partial charge in [0.1, 0.15) is 11.1 Å². The van der Waals surface area contributed by atoms with Crippen LogP contribution >= 0.6 is 34.8 Å². The Hall–Kier alpha value is -1.84. The molecule has 5 rings (SSSR count). The number of halogens is 3. The van der Waals surface area contributed by atoms with Crippen molar-refractivity contribution in [1.82, 2.24) is 14.9 Å². The number of rotatable bonds is 8. The summed E-state index contributed by atoms with van der Waals surface area (Å²) in [7, 11) is 0. The molecule has 2 aromatic rings. The van der Waals surface area contributed by atoms with Gasteiger partial charge in [-0.05, 0) is 74.6 Å². The Balaban J connectivity index is 1.24. The van der Waals surface area contributed by atoms with Crippen LogP contribution in [0.1, 0.15) is 44.2 Å². The van der Waals surface area contributed by atoms with Crippen LogP contribution in [0.15, 0.2) is 24.4 Å². The summed E-state index contributed by atoms with van der Waals surface area (Å²) in [6, 6.07) is 5.01. The lowest BCUT2D eigenvalue weighted by atomic mass is 9.72. The Kier molecular flexibility index (Phi) is 8.03. The minimum atomic E-state index is -0.736. The Labute approximate surface area is 231 Å². The topological polar surface area (TPSA) is 102 Å². The molecule has 11 heteroatoms. The number of carbonyl (C=O) groups is 1. The molecule has 1 aromatic carbocycles. The Bertz CT molecular complexity index is 1140. The number of nitrogens with one attached hydrogen (secondary N) is 1. The van der Waals surface area contributed by atoms with E-state index in [1.165, 1.54) is 0 Å². The monoisotopic (exact) mass is 567 g/mol. The van der Waals surface area contributed by atoms with Crippen LogP contribution < -0.4 is 10.2 Å². The van der Waals surface area contributed by atoms with Gasteiger partial charge in [0.05, 0.1) is 12.2 Å². The number of piperidine rings is 1. The molecule has 37 heavy (non-hydrogen) atoms. The summed E-state index contributed by atoms with van der Waals surface area (Å²) >= 11 is 18.8. The van der Waals surface area contributed by atoms with Crippen LogP contribution in [0.2, 0.25) is 15.1 Å². The highest BCUT2D eigenvalue weighted by Gasteiger charge is 2.49. The van der Waals surface area contributed by atoms with E-state index in [1.54, 1.807) is 18.3 Å². The van der Waals surface area contributed by atoms with E-state index in [2.05, 4.69) is 25.1 Å². The van der Waals surface area contributed by atoms with Crippen molar-refractivity contribution in [2.75, 3.05) is 36.5 Å². The summed E-state index contributed by atoms with van der Waals surface area (Å²) in [5, 5.41) is 24.4. The number of aromatic nitrogens is 2. The number of benzene rings is 1. The maximum Gasteiger partial charge on any atom is 0.321 e. The van der Waals surface area contributed by atoms with Crippen molar-refractivity contribution >= 4 is 52.5 Å². The first-order valence-electron chi connectivity index (χ1n) is 12.8. The average Bonchev–Trinajstić information content (AvgIpc) is 2.79. The quantitative estimate of drug-likeness (QED) is 0.410. The molecule has 200 valence electrons. The van der Waals surface area contributed by atoms with Gasteiger partial charge in [-0.15, -0.1) is 0 Å². The molecule has 1 aliphatic carbocycles. The first-order valence-corrected chi connectivity index (χ1v) is 14.0. The molecule has 2 saturated heterocycles. The van der Waals surface area contributed by atoms with Crippen LogP contribution in [0.3, 0.4) is 0 Å². The van der Waals surface area contributed by atoms with Crippen molar-refractivity contribution in [1.29, 1.82) is 0 Å². The van der Waals surface area contributed by atoms with Crippen LogP contribution in [0.4, 0.5) is 11.8 Å². The summed E-state index contributed by atoms with van der Waals surface area (Å²) in [5.41, 5.74) is 0.879. The third-order valence-electron chi connectivity index (χ3n) is 8.22. The Morgan fingerprint density at radius 3 is 2.65 bits per heavy atom. The van der Waals surface area contributed by atoms with Crippen LogP contribution in [0, 0.1) is 17.8 Å². The van der Waals surface area contributed by atoms with Gasteiger partial charge in [-0.3, -0.25) is 9.69 Å². The van der Waals surface area contributed by atoms with Gasteiger partial charge in [0, 0.05) is 35.8 Å². The minimum Gasteiger partial charge on any atom is -0.480 e. The molecule has 2 aliphatic heterocycles. The Morgan fingerprint density at radius 2 is 1.97 bits per heavy atom. The van der Waals surface area contributed by atoms with E-state index in [0.29, 0.717) is 45.8 Å². The van der Waals surface area contributed by atoms with Crippen LogP contribution in [-0.2, 0) is 4.79 Å². The number of aliphatic carboxylic acids is 1. The molecule has 3 unspecified atom stereocenters. The molecule has 3 aliphatic rings. The molecule has 0 amide bonds. The summed E-state index contributed by atoms with van der Waals surface area (Å²) in [6.07, 6.45) is 5.28. The fourth-order valence-electron chi connectivity index (χ4n) is 6.09. The van der Waals surface area contributed by atoms with Gasteiger partial charge in [-0.2, -0.15) is 4.98 Å². The molecule has 1 aromatic heterocycles. The summed E-state index contributed by atoms with van der Waals surface area (Å²) in [6.45, 7) is 4.40.